The number of nitrogens with zero attached hydrogens (tertiary/aromatic N) is 1. The SMILES string of the molecule is CCCCCCCCCCCCCCCCC[N+](C)(CC)CCCCCC. The standard InChI is InChI=1S/C26H56N/c1-5-8-10-12-13-14-15-16-17-18-19-20-21-22-24-26-27(4,7-3)25-23-11-9-6-2/h5-26H2,1-4H3/q+1. The summed E-state index contributed by atoms with van der Waals surface area (Å²) in [6.45, 7) is 11.1. The van der Waals surface area contributed by atoms with Crippen molar-refractivity contribution in [1.82, 2.24) is 0 Å². The summed E-state index contributed by atoms with van der Waals surface area (Å²) in [7, 11) is 2.48. The molecule has 27 heavy (non-hydrogen) atoms. The predicted molar refractivity (Wildman–Crippen MR) is 126 cm³/mol. The van der Waals surface area contributed by atoms with Crippen LogP contribution in [0.2, 0.25) is 0 Å². The summed E-state index contributed by atoms with van der Waals surface area (Å²) >= 11 is 0. The minimum absolute atomic E-state index is 1.31. The van der Waals surface area contributed by atoms with E-state index in [0.29, 0.717) is 0 Å². The van der Waals surface area contributed by atoms with Gasteiger partial charge in [-0.05, 0) is 32.6 Å². The molecule has 0 bridgehead atoms. The lowest BCUT2D eigenvalue weighted by atomic mass is 10.0. The third-order valence-corrected chi connectivity index (χ3v) is 6.62. The van der Waals surface area contributed by atoms with Gasteiger partial charge in [-0.2, -0.15) is 0 Å². The van der Waals surface area contributed by atoms with Crippen LogP contribution in [0.15, 0.2) is 0 Å². The van der Waals surface area contributed by atoms with Crippen molar-refractivity contribution < 1.29 is 4.48 Å². The van der Waals surface area contributed by atoms with Gasteiger partial charge in [-0.3, -0.25) is 0 Å². The van der Waals surface area contributed by atoms with Gasteiger partial charge in [0, 0.05) is 0 Å². The van der Waals surface area contributed by atoms with E-state index in [2.05, 4.69) is 27.8 Å². The van der Waals surface area contributed by atoms with E-state index < -0.39 is 0 Å². The van der Waals surface area contributed by atoms with Gasteiger partial charge in [0.25, 0.3) is 0 Å². The van der Waals surface area contributed by atoms with E-state index in [4.69, 9.17) is 0 Å². The fraction of sp³-hybridized carbons (Fsp3) is 1.00. The fourth-order valence-corrected chi connectivity index (χ4v) is 4.21. The summed E-state index contributed by atoms with van der Waals surface area (Å²) < 4.78 is 1.31. The molecule has 0 amide bonds. The zero-order valence-electron chi connectivity index (χ0n) is 20.0. The molecule has 0 fully saturated rings. The second kappa shape index (κ2) is 20.7. The number of hydrogen-bond acceptors (Lipinski definition) is 0. The van der Waals surface area contributed by atoms with E-state index in [-0.39, 0.29) is 0 Å². The van der Waals surface area contributed by atoms with Crippen molar-refractivity contribution in [3.63, 3.8) is 0 Å². The molecule has 1 heteroatoms. The second-order valence-corrected chi connectivity index (χ2v) is 9.39. The Morgan fingerprint density at radius 1 is 0.370 bits per heavy atom. The van der Waals surface area contributed by atoms with Crippen LogP contribution in [0.25, 0.3) is 0 Å². The molecule has 0 aliphatic rings. The number of rotatable bonds is 22. The Balaban J connectivity index is 3.33. The maximum absolute atomic E-state index is 2.48. The Morgan fingerprint density at radius 2 is 0.630 bits per heavy atom. The van der Waals surface area contributed by atoms with Crippen LogP contribution in [0.1, 0.15) is 143 Å². The van der Waals surface area contributed by atoms with Gasteiger partial charge in [-0.15, -0.1) is 0 Å². The van der Waals surface area contributed by atoms with Crippen LogP contribution in [0, 0.1) is 0 Å². The van der Waals surface area contributed by atoms with Gasteiger partial charge in [-0.1, -0.05) is 110 Å². The number of hydrogen-bond donors (Lipinski definition) is 0. The number of unbranched alkanes of at least 4 members (excludes halogenated alkanes) is 17. The van der Waals surface area contributed by atoms with Crippen molar-refractivity contribution in [2.75, 3.05) is 26.7 Å². The van der Waals surface area contributed by atoms with Crippen molar-refractivity contribution >= 4 is 0 Å². The van der Waals surface area contributed by atoms with E-state index in [1.54, 1.807) is 0 Å². The molecule has 0 aromatic carbocycles. The smallest absolute Gasteiger partial charge is 0.0784 e. The van der Waals surface area contributed by atoms with Gasteiger partial charge in [-0.25, -0.2) is 0 Å². The van der Waals surface area contributed by atoms with Crippen molar-refractivity contribution in [2.24, 2.45) is 0 Å². The molecular formula is C26H56N+. The third kappa shape index (κ3) is 19.1. The maximum atomic E-state index is 2.48. The Hall–Kier alpha value is -0.0400. The minimum Gasteiger partial charge on any atom is -0.326 e. The van der Waals surface area contributed by atoms with Crippen molar-refractivity contribution in [1.29, 1.82) is 0 Å². The molecule has 0 N–H and O–H groups in total. The van der Waals surface area contributed by atoms with Crippen molar-refractivity contribution in [3.05, 3.63) is 0 Å². The van der Waals surface area contributed by atoms with E-state index >= 15 is 0 Å². The third-order valence-electron chi connectivity index (χ3n) is 6.62. The molecule has 0 aromatic rings. The Bertz CT molecular complexity index is 275. The lowest BCUT2D eigenvalue weighted by Gasteiger charge is -2.33. The first kappa shape index (κ1) is 27.0. The maximum Gasteiger partial charge on any atom is 0.0784 e. The van der Waals surface area contributed by atoms with Crippen LogP contribution in [0.5, 0.6) is 0 Å². The van der Waals surface area contributed by atoms with Gasteiger partial charge < -0.3 is 4.48 Å². The van der Waals surface area contributed by atoms with E-state index in [0.717, 1.165) is 0 Å². The highest BCUT2D eigenvalue weighted by Crippen LogP contribution is 2.15. The molecule has 0 aliphatic heterocycles. The van der Waals surface area contributed by atoms with Gasteiger partial charge in [0.15, 0.2) is 0 Å². The van der Waals surface area contributed by atoms with Crippen LogP contribution < -0.4 is 0 Å². The summed E-state index contributed by atoms with van der Waals surface area (Å²) in [5, 5.41) is 0. The van der Waals surface area contributed by atoms with Gasteiger partial charge in [0.05, 0.1) is 26.7 Å². The molecule has 0 rings (SSSR count). The summed E-state index contributed by atoms with van der Waals surface area (Å²) in [4.78, 5) is 0. The van der Waals surface area contributed by atoms with Crippen molar-refractivity contribution in [2.45, 2.75) is 143 Å². The highest BCUT2D eigenvalue weighted by Gasteiger charge is 2.17. The predicted octanol–water partition coefficient (Wildman–Crippen LogP) is 8.90. The second-order valence-electron chi connectivity index (χ2n) is 9.39. The van der Waals surface area contributed by atoms with E-state index in [1.807, 2.05) is 0 Å². The summed E-state index contributed by atoms with van der Waals surface area (Å²) in [6.07, 6.45) is 27.6. The van der Waals surface area contributed by atoms with Crippen LogP contribution in [0.4, 0.5) is 0 Å². The average molecular weight is 383 g/mol. The van der Waals surface area contributed by atoms with Crippen LogP contribution >= 0.6 is 0 Å². The van der Waals surface area contributed by atoms with Gasteiger partial charge in [0.1, 0.15) is 0 Å². The van der Waals surface area contributed by atoms with Gasteiger partial charge in [0.2, 0.25) is 0 Å². The molecule has 0 aromatic heterocycles. The first-order valence-corrected chi connectivity index (χ1v) is 13.0. The number of quaternary nitrogens is 1. The average Bonchev–Trinajstić information content (AvgIpc) is 2.68. The molecule has 164 valence electrons. The highest BCUT2D eigenvalue weighted by atomic mass is 15.3. The molecular weight excluding hydrogens is 326 g/mol. The van der Waals surface area contributed by atoms with Crippen LogP contribution in [-0.2, 0) is 0 Å². The van der Waals surface area contributed by atoms with E-state index in [1.165, 1.54) is 146 Å². The molecule has 0 spiro atoms. The summed E-state index contributed by atoms with van der Waals surface area (Å²) in [5.41, 5.74) is 0. The zero-order chi connectivity index (χ0) is 20.1. The summed E-state index contributed by atoms with van der Waals surface area (Å²) in [6, 6.07) is 0. The molecule has 1 unspecified atom stereocenters. The lowest BCUT2D eigenvalue weighted by Crippen LogP contribution is -2.45. The molecule has 0 aliphatic carbocycles. The van der Waals surface area contributed by atoms with Gasteiger partial charge >= 0.3 is 0 Å². The van der Waals surface area contributed by atoms with Crippen LogP contribution in [-0.4, -0.2) is 31.2 Å². The molecule has 0 saturated carbocycles. The Kier molecular flexibility index (Phi) is 20.7. The molecule has 1 atom stereocenters. The fourth-order valence-electron chi connectivity index (χ4n) is 4.21. The molecule has 0 saturated heterocycles. The summed E-state index contributed by atoms with van der Waals surface area (Å²) in [5.74, 6) is 0. The first-order valence-electron chi connectivity index (χ1n) is 13.0. The normalized spacial score (nSPS) is 13.8. The monoisotopic (exact) mass is 382 g/mol. The molecule has 1 nitrogen and oxygen atoms in total. The lowest BCUT2D eigenvalue weighted by molar-refractivity contribution is -0.908. The quantitative estimate of drug-likeness (QED) is 0.129. The minimum atomic E-state index is 1.31. The largest absolute Gasteiger partial charge is 0.326 e. The highest BCUT2D eigenvalue weighted by molar-refractivity contribution is 4.50. The Labute approximate surface area is 174 Å². The van der Waals surface area contributed by atoms with E-state index in [9.17, 15) is 0 Å². The van der Waals surface area contributed by atoms with Crippen LogP contribution in [0.3, 0.4) is 0 Å². The first-order chi connectivity index (χ1) is 13.2. The topological polar surface area (TPSA) is 0 Å². The molecule has 0 radical (unpaired) electrons. The van der Waals surface area contributed by atoms with Crippen molar-refractivity contribution in [3.8, 4) is 0 Å². The Morgan fingerprint density at radius 3 is 0.926 bits per heavy atom. The zero-order valence-corrected chi connectivity index (χ0v) is 20.0. The molecule has 0 heterocycles.